The van der Waals surface area contributed by atoms with Crippen LogP contribution < -0.4 is 4.90 Å². The molecule has 12 rings (SSSR count). The van der Waals surface area contributed by atoms with Gasteiger partial charge in [0, 0.05) is 59.1 Å². The molecule has 0 saturated carbocycles. The van der Waals surface area contributed by atoms with Crippen LogP contribution in [-0.2, 0) is 5.41 Å². The molecule has 0 unspecified atom stereocenters. The second-order valence-electron chi connectivity index (χ2n) is 16.5. The maximum absolute atomic E-state index is 2.43. The Morgan fingerprint density at radius 3 is 1.77 bits per heavy atom. The van der Waals surface area contributed by atoms with Gasteiger partial charge in [-0.3, -0.25) is 0 Å². The average Bonchev–Trinajstić information content (AvgIpc) is 3.92. The maximum Gasteiger partial charge on any atom is 0.0555 e. The van der Waals surface area contributed by atoms with Crippen LogP contribution in [0, 0.1) is 0 Å². The quantitative estimate of drug-likeness (QED) is 0.163. The van der Waals surface area contributed by atoms with Crippen molar-refractivity contribution >= 4 is 70.4 Å². The number of nitrogens with zero attached hydrogens (tertiary/aromatic N) is 2. The Balaban J connectivity index is 0.994. The Bertz CT molecular complexity index is 3430. The molecule has 0 bridgehead atoms. The van der Waals surface area contributed by atoms with Crippen LogP contribution in [0.3, 0.4) is 0 Å². The highest BCUT2D eigenvalue weighted by atomic mass is 32.1. The van der Waals surface area contributed by atoms with E-state index in [-0.39, 0.29) is 5.41 Å². The molecular formula is C57H40N2S. The summed E-state index contributed by atoms with van der Waals surface area (Å²) >= 11 is 1.90. The van der Waals surface area contributed by atoms with Gasteiger partial charge in [-0.2, -0.15) is 0 Å². The van der Waals surface area contributed by atoms with Crippen LogP contribution in [-0.4, -0.2) is 4.57 Å². The summed E-state index contributed by atoms with van der Waals surface area (Å²) in [5, 5.41) is 5.23. The van der Waals surface area contributed by atoms with E-state index in [1.807, 2.05) is 11.3 Å². The maximum atomic E-state index is 2.43. The van der Waals surface area contributed by atoms with Crippen LogP contribution in [0.1, 0.15) is 25.0 Å². The summed E-state index contributed by atoms with van der Waals surface area (Å²) in [5.41, 5.74) is 17.1. The smallest absolute Gasteiger partial charge is 0.0555 e. The molecule has 0 N–H and O–H groups in total. The molecule has 9 aromatic carbocycles. The summed E-state index contributed by atoms with van der Waals surface area (Å²) in [6, 6.07) is 75.9. The van der Waals surface area contributed by atoms with Crippen LogP contribution in [0.5, 0.6) is 0 Å². The number of benzene rings is 9. The molecule has 60 heavy (non-hydrogen) atoms. The second kappa shape index (κ2) is 13.4. The highest BCUT2D eigenvalue weighted by Crippen LogP contribution is 2.51. The molecule has 2 aromatic heterocycles. The van der Waals surface area contributed by atoms with Crippen molar-refractivity contribution in [3.05, 3.63) is 217 Å². The first kappa shape index (κ1) is 34.8. The molecule has 0 amide bonds. The van der Waals surface area contributed by atoms with Crippen molar-refractivity contribution in [2.24, 2.45) is 0 Å². The van der Waals surface area contributed by atoms with Gasteiger partial charge in [0.2, 0.25) is 0 Å². The van der Waals surface area contributed by atoms with Crippen molar-refractivity contribution in [3.63, 3.8) is 0 Å². The summed E-state index contributed by atoms with van der Waals surface area (Å²) in [6.45, 7) is 4.71. The summed E-state index contributed by atoms with van der Waals surface area (Å²) in [7, 11) is 0. The number of anilines is 3. The molecule has 284 valence electrons. The molecule has 3 heteroatoms. The minimum atomic E-state index is -0.0989. The van der Waals surface area contributed by atoms with E-state index in [0.29, 0.717) is 0 Å². The van der Waals surface area contributed by atoms with E-state index < -0.39 is 0 Å². The topological polar surface area (TPSA) is 8.17 Å². The zero-order chi connectivity index (χ0) is 40.0. The molecule has 1 aliphatic rings. The van der Waals surface area contributed by atoms with Crippen molar-refractivity contribution in [2.75, 3.05) is 4.90 Å². The lowest BCUT2D eigenvalue weighted by Crippen LogP contribution is -2.16. The molecule has 0 atom stereocenters. The monoisotopic (exact) mass is 784 g/mol. The predicted octanol–water partition coefficient (Wildman–Crippen LogP) is 16.3. The van der Waals surface area contributed by atoms with Gasteiger partial charge in [0.05, 0.1) is 11.0 Å². The predicted molar refractivity (Wildman–Crippen MR) is 257 cm³/mol. The molecule has 0 radical (unpaired) electrons. The van der Waals surface area contributed by atoms with Gasteiger partial charge in [0.15, 0.2) is 0 Å². The third-order valence-electron chi connectivity index (χ3n) is 12.8. The van der Waals surface area contributed by atoms with Crippen molar-refractivity contribution in [1.82, 2.24) is 4.57 Å². The molecule has 2 nitrogen and oxygen atoms in total. The SMILES string of the molecule is CC1(C)c2ccccc2-c2ccc(N(c3ccc(-c4ccccc4)cc3)c3ccc(-c4ccc5c(c4)c4c6sc7ccccc7c6ccc4n5-c4ccccc4)cc3)cc21. The highest BCUT2D eigenvalue weighted by Gasteiger charge is 2.35. The Morgan fingerprint density at radius 2 is 1.00 bits per heavy atom. The van der Waals surface area contributed by atoms with Crippen LogP contribution in [0.2, 0.25) is 0 Å². The van der Waals surface area contributed by atoms with Gasteiger partial charge in [0.25, 0.3) is 0 Å². The fourth-order valence-corrected chi connectivity index (χ4v) is 11.1. The summed E-state index contributed by atoms with van der Waals surface area (Å²) in [6.07, 6.45) is 0. The van der Waals surface area contributed by atoms with E-state index in [2.05, 4.69) is 230 Å². The molecule has 0 aliphatic heterocycles. The van der Waals surface area contributed by atoms with E-state index in [9.17, 15) is 0 Å². The van der Waals surface area contributed by atoms with Gasteiger partial charge in [0.1, 0.15) is 0 Å². The molecule has 1 aliphatic carbocycles. The lowest BCUT2D eigenvalue weighted by atomic mass is 9.82. The lowest BCUT2D eigenvalue weighted by molar-refractivity contribution is 0.660. The van der Waals surface area contributed by atoms with Crippen LogP contribution >= 0.6 is 11.3 Å². The van der Waals surface area contributed by atoms with Crippen molar-refractivity contribution in [1.29, 1.82) is 0 Å². The summed E-state index contributed by atoms with van der Waals surface area (Å²) < 4.78 is 5.09. The Morgan fingerprint density at radius 1 is 0.417 bits per heavy atom. The van der Waals surface area contributed by atoms with E-state index in [1.54, 1.807) is 0 Å². The van der Waals surface area contributed by atoms with Crippen molar-refractivity contribution < 1.29 is 0 Å². The fraction of sp³-hybridized carbons (Fsp3) is 0.0526. The molecule has 0 saturated heterocycles. The highest BCUT2D eigenvalue weighted by molar-refractivity contribution is 7.26. The summed E-state index contributed by atoms with van der Waals surface area (Å²) in [5.74, 6) is 0. The number of para-hydroxylation sites is 1. The number of rotatable bonds is 6. The third-order valence-corrected chi connectivity index (χ3v) is 14.0. The van der Waals surface area contributed by atoms with Crippen molar-refractivity contribution in [2.45, 2.75) is 19.3 Å². The Hall–Kier alpha value is -7.20. The van der Waals surface area contributed by atoms with Gasteiger partial charge in [-0.15, -0.1) is 11.3 Å². The first-order valence-electron chi connectivity index (χ1n) is 20.8. The minimum Gasteiger partial charge on any atom is -0.310 e. The van der Waals surface area contributed by atoms with Gasteiger partial charge in [-0.1, -0.05) is 147 Å². The van der Waals surface area contributed by atoms with E-state index >= 15 is 0 Å². The molecule has 2 heterocycles. The van der Waals surface area contributed by atoms with E-state index in [1.165, 1.54) is 92.2 Å². The standard InChI is InChI=1S/C57H40N2S/c1-57(2)50-19-11-9-17-45(50)46-31-30-44(36-51(46)57)58(42-26-21-38(22-27-42)37-13-5-3-6-14-37)43-28-23-39(24-29-43)40-25-33-52-49(35-40)55-53(59(52)41-15-7-4-8-16-41)34-32-48-47-18-10-12-20-54(47)60-56(48)55/h3-36H,1-2H3. The molecule has 11 aromatic rings. The fourth-order valence-electron chi connectivity index (χ4n) is 9.84. The van der Waals surface area contributed by atoms with Crippen LogP contribution in [0.15, 0.2) is 206 Å². The van der Waals surface area contributed by atoms with Gasteiger partial charge < -0.3 is 9.47 Å². The number of thiophene rings is 1. The number of hydrogen-bond acceptors (Lipinski definition) is 2. The minimum absolute atomic E-state index is 0.0989. The molecule has 0 spiro atoms. The average molecular weight is 785 g/mol. The summed E-state index contributed by atoms with van der Waals surface area (Å²) in [4.78, 5) is 2.41. The zero-order valence-corrected chi connectivity index (χ0v) is 34.2. The normalized spacial score (nSPS) is 13.0. The Labute approximate surface area is 353 Å². The largest absolute Gasteiger partial charge is 0.310 e. The first-order chi connectivity index (χ1) is 29.5. The van der Waals surface area contributed by atoms with E-state index in [0.717, 1.165) is 17.1 Å². The number of fused-ring (bicyclic) bond motifs is 10. The molecule has 0 fully saturated rings. The van der Waals surface area contributed by atoms with Gasteiger partial charge >= 0.3 is 0 Å². The third kappa shape index (κ3) is 5.33. The second-order valence-corrected chi connectivity index (χ2v) is 17.6. The number of aromatic nitrogens is 1. The van der Waals surface area contributed by atoms with Crippen molar-refractivity contribution in [3.8, 4) is 39.1 Å². The van der Waals surface area contributed by atoms with Gasteiger partial charge in [-0.05, 0) is 117 Å². The van der Waals surface area contributed by atoms with Gasteiger partial charge in [-0.25, -0.2) is 0 Å². The Kier molecular flexibility index (Phi) is 7.79. The lowest BCUT2D eigenvalue weighted by Gasteiger charge is -2.28. The van der Waals surface area contributed by atoms with Crippen LogP contribution in [0.25, 0.3) is 81.0 Å². The van der Waals surface area contributed by atoms with Crippen LogP contribution in [0.4, 0.5) is 17.1 Å². The van der Waals surface area contributed by atoms with E-state index in [4.69, 9.17) is 0 Å². The number of hydrogen-bond donors (Lipinski definition) is 0. The zero-order valence-electron chi connectivity index (χ0n) is 33.4. The molecular weight excluding hydrogens is 745 g/mol. The first-order valence-corrected chi connectivity index (χ1v) is 21.6.